The van der Waals surface area contributed by atoms with Crippen molar-refractivity contribution in [3.05, 3.63) is 80.4 Å². The zero-order valence-corrected chi connectivity index (χ0v) is 11.5. The average molecular weight is 304 g/mol. The zero-order valence-electron chi connectivity index (χ0n) is 11.5. The highest BCUT2D eigenvalue weighted by atomic mass is 16.6. The number of carbonyl (C=O) groups is 1. The SMILES string of the molecule is COC(=O)c1ccccc1.O=[N+]([O-])c1cccc([N+](=O)[O-])c1. The number of nitrogens with zero attached hydrogens (tertiary/aromatic N) is 2. The van der Waals surface area contributed by atoms with Crippen LogP contribution in [0.1, 0.15) is 10.4 Å². The Kier molecular flexibility index (Phi) is 6.17. The molecule has 0 aliphatic rings. The third-order valence-electron chi connectivity index (χ3n) is 2.45. The molecule has 0 saturated carbocycles. The topological polar surface area (TPSA) is 113 Å². The minimum atomic E-state index is -0.674. The lowest BCUT2D eigenvalue weighted by Gasteiger charge is -1.95. The maximum Gasteiger partial charge on any atom is 0.337 e. The number of esters is 1. The first-order valence-electron chi connectivity index (χ1n) is 5.98. The van der Waals surface area contributed by atoms with Crippen molar-refractivity contribution < 1.29 is 19.4 Å². The van der Waals surface area contributed by atoms with Crippen LogP contribution >= 0.6 is 0 Å². The predicted octanol–water partition coefficient (Wildman–Crippen LogP) is 2.98. The summed E-state index contributed by atoms with van der Waals surface area (Å²) in [5.74, 6) is -0.291. The smallest absolute Gasteiger partial charge is 0.337 e. The zero-order chi connectivity index (χ0) is 16.5. The van der Waals surface area contributed by atoms with Gasteiger partial charge in [0.05, 0.1) is 28.6 Å². The molecule has 2 aromatic carbocycles. The maximum atomic E-state index is 10.8. The van der Waals surface area contributed by atoms with Gasteiger partial charge in [-0.3, -0.25) is 20.2 Å². The van der Waals surface area contributed by atoms with E-state index in [0.29, 0.717) is 5.56 Å². The monoisotopic (exact) mass is 304 g/mol. The van der Waals surface area contributed by atoms with Crippen LogP contribution < -0.4 is 0 Å². The number of benzene rings is 2. The fourth-order valence-corrected chi connectivity index (χ4v) is 1.41. The first-order valence-corrected chi connectivity index (χ1v) is 5.98. The number of non-ortho nitro benzene ring substituents is 2. The van der Waals surface area contributed by atoms with Gasteiger partial charge in [-0.05, 0) is 18.2 Å². The molecule has 8 heteroatoms. The Balaban J connectivity index is 0.000000224. The number of nitro groups is 2. The van der Waals surface area contributed by atoms with E-state index in [0.717, 1.165) is 6.07 Å². The summed E-state index contributed by atoms with van der Waals surface area (Å²) in [5.41, 5.74) is 0.0402. The summed E-state index contributed by atoms with van der Waals surface area (Å²) >= 11 is 0. The summed E-state index contributed by atoms with van der Waals surface area (Å²) in [6.07, 6.45) is 0. The van der Waals surface area contributed by atoms with Crippen molar-refractivity contribution in [1.82, 2.24) is 0 Å². The third kappa shape index (κ3) is 5.00. The molecule has 0 atom stereocenters. The summed E-state index contributed by atoms with van der Waals surface area (Å²) in [7, 11) is 1.37. The number of carbonyl (C=O) groups excluding carboxylic acids is 1. The number of ether oxygens (including phenoxy) is 1. The molecule has 0 amide bonds. The van der Waals surface area contributed by atoms with Crippen molar-refractivity contribution in [2.45, 2.75) is 0 Å². The van der Waals surface area contributed by atoms with Gasteiger partial charge in [-0.1, -0.05) is 18.2 Å². The summed E-state index contributed by atoms with van der Waals surface area (Å²) < 4.78 is 4.50. The fourth-order valence-electron chi connectivity index (χ4n) is 1.41. The van der Waals surface area contributed by atoms with Crippen LogP contribution in [0.25, 0.3) is 0 Å². The predicted molar refractivity (Wildman–Crippen MR) is 77.5 cm³/mol. The van der Waals surface area contributed by atoms with Crippen LogP contribution in [0.15, 0.2) is 54.6 Å². The lowest BCUT2D eigenvalue weighted by atomic mass is 10.2. The molecule has 0 aromatic heterocycles. The molecule has 0 N–H and O–H groups in total. The van der Waals surface area contributed by atoms with E-state index in [9.17, 15) is 25.0 Å². The Morgan fingerprint density at radius 2 is 1.41 bits per heavy atom. The van der Waals surface area contributed by atoms with Gasteiger partial charge < -0.3 is 4.74 Å². The second-order valence-corrected chi connectivity index (χ2v) is 3.89. The number of nitro benzene ring substituents is 2. The van der Waals surface area contributed by atoms with Crippen LogP contribution in [0, 0.1) is 20.2 Å². The molecule has 0 aliphatic heterocycles. The Morgan fingerprint density at radius 3 is 1.82 bits per heavy atom. The second-order valence-electron chi connectivity index (χ2n) is 3.89. The molecule has 22 heavy (non-hydrogen) atoms. The van der Waals surface area contributed by atoms with Gasteiger partial charge in [0.15, 0.2) is 0 Å². The molecule has 2 aromatic rings. The quantitative estimate of drug-likeness (QED) is 0.489. The molecule has 2 rings (SSSR count). The van der Waals surface area contributed by atoms with Gasteiger partial charge in [0.25, 0.3) is 11.4 Å². The van der Waals surface area contributed by atoms with Gasteiger partial charge in [-0.15, -0.1) is 0 Å². The van der Waals surface area contributed by atoms with Crippen LogP contribution in [-0.2, 0) is 4.74 Å². The number of methoxy groups -OCH3 is 1. The van der Waals surface area contributed by atoms with E-state index in [1.807, 2.05) is 6.07 Å². The van der Waals surface area contributed by atoms with Gasteiger partial charge >= 0.3 is 5.97 Å². The molecule has 0 radical (unpaired) electrons. The highest BCUT2D eigenvalue weighted by Gasteiger charge is 2.11. The van der Waals surface area contributed by atoms with Crippen LogP contribution in [-0.4, -0.2) is 22.9 Å². The lowest BCUT2D eigenvalue weighted by Crippen LogP contribution is -1.99. The average Bonchev–Trinajstić information content (AvgIpc) is 2.55. The van der Waals surface area contributed by atoms with E-state index in [-0.39, 0.29) is 17.3 Å². The van der Waals surface area contributed by atoms with E-state index < -0.39 is 9.85 Å². The van der Waals surface area contributed by atoms with E-state index in [1.54, 1.807) is 24.3 Å². The molecule has 114 valence electrons. The molecule has 0 fully saturated rings. The molecule has 0 spiro atoms. The fraction of sp³-hybridized carbons (Fsp3) is 0.0714. The van der Waals surface area contributed by atoms with Gasteiger partial charge in [0.1, 0.15) is 0 Å². The Morgan fingerprint density at radius 1 is 0.909 bits per heavy atom. The van der Waals surface area contributed by atoms with Crippen LogP contribution in [0.3, 0.4) is 0 Å². The third-order valence-corrected chi connectivity index (χ3v) is 2.45. The van der Waals surface area contributed by atoms with Gasteiger partial charge in [0, 0.05) is 12.1 Å². The molecule has 0 unspecified atom stereocenters. The Bertz CT molecular complexity index is 643. The largest absolute Gasteiger partial charge is 0.465 e. The normalized spacial score (nSPS) is 9.14. The molecular weight excluding hydrogens is 292 g/mol. The van der Waals surface area contributed by atoms with E-state index >= 15 is 0 Å². The molecule has 8 nitrogen and oxygen atoms in total. The summed E-state index contributed by atoms with van der Waals surface area (Å²) in [5, 5.41) is 20.3. The first kappa shape index (κ1) is 16.8. The van der Waals surface area contributed by atoms with Crippen molar-refractivity contribution in [2.75, 3.05) is 7.11 Å². The van der Waals surface area contributed by atoms with E-state index in [4.69, 9.17) is 0 Å². The Hall–Kier alpha value is -3.29. The highest BCUT2D eigenvalue weighted by molar-refractivity contribution is 5.89. The van der Waals surface area contributed by atoms with Crippen LogP contribution in [0.2, 0.25) is 0 Å². The van der Waals surface area contributed by atoms with Crippen LogP contribution in [0.5, 0.6) is 0 Å². The second kappa shape index (κ2) is 8.10. The summed E-state index contributed by atoms with van der Waals surface area (Å²) in [6, 6.07) is 13.5. The van der Waals surface area contributed by atoms with E-state index in [1.165, 1.54) is 25.3 Å². The molecular formula is C14H12N2O6. The number of hydrogen-bond donors (Lipinski definition) is 0. The number of rotatable bonds is 3. The van der Waals surface area contributed by atoms with Gasteiger partial charge in [-0.25, -0.2) is 4.79 Å². The minimum Gasteiger partial charge on any atom is -0.465 e. The van der Waals surface area contributed by atoms with E-state index in [2.05, 4.69) is 4.74 Å². The minimum absolute atomic E-state index is 0.274. The summed E-state index contributed by atoms with van der Waals surface area (Å²) in [4.78, 5) is 29.8. The standard InChI is InChI=1S/C8H8O2.C6H4N2O4/c1-10-8(9)7-5-3-2-4-6-7;9-7(10)5-2-1-3-6(4-5)8(11)12/h2-6H,1H3;1-4H. The molecule has 0 heterocycles. The van der Waals surface area contributed by atoms with Gasteiger partial charge in [0.2, 0.25) is 0 Å². The number of hydrogen-bond acceptors (Lipinski definition) is 6. The van der Waals surface area contributed by atoms with Crippen molar-refractivity contribution in [2.24, 2.45) is 0 Å². The summed E-state index contributed by atoms with van der Waals surface area (Å²) in [6.45, 7) is 0. The molecule has 0 saturated heterocycles. The van der Waals surface area contributed by atoms with Crippen LogP contribution in [0.4, 0.5) is 11.4 Å². The Labute approximate surface area is 125 Å². The maximum absolute atomic E-state index is 10.8. The van der Waals surface area contributed by atoms with Gasteiger partial charge in [-0.2, -0.15) is 0 Å². The van der Waals surface area contributed by atoms with Crippen molar-refractivity contribution in [1.29, 1.82) is 0 Å². The molecule has 0 bridgehead atoms. The van der Waals surface area contributed by atoms with Crippen molar-refractivity contribution >= 4 is 17.3 Å². The first-order chi connectivity index (χ1) is 10.5. The lowest BCUT2D eigenvalue weighted by molar-refractivity contribution is -0.394. The highest BCUT2D eigenvalue weighted by Crippen LogP contribution is 2.18. The van der Waals surface area contributed by atoms with Crippen molar-refractivity contribution in [3.63, 3.8) is 0 Å². The van der Waals surface area contributed by atoms with Crippen molar-refractivity contribution in [3.8, 4) is 0 Å². The molecule has 0 aliphatic carbocycles.